The summed E-state index contributed by atoms with van der Waals surface area (Å²) < 4.78 is 1.15. The molecule has 1 aliphatic rings. The van der Waals surface area contributed by atoms with Crippen molar-refractivity contribution >= 4 is 27.7 Å². The molecule has 1 aliphatic heterocycles. The third-order valence-electron chi connectivity index (χ3n) is 3.60. The first kappa shape index (κ1) is 15.4. The highest BCUT2D eigenvalue weighted by molar-refractivity contribution is 9.10. The summed E-state index contributed by atoms with van der Waals surface area (Å²) in [4.78, 5) is 2.57. The Labute approximate surface area is 129 Å². The van der Waals surface area contributed by atoms with Crippen molar-refractivity contribution in [3.05, 3.63) is 34.3 Å². The van der Waals surface area contributed by atoms with Gasteiger partial charge in [-0.3, -0.25) is 0 Å². The topological polar surface area (TPSA) is 15.3 Å². The Morgan fingerprint density at radius 1 is 1.26 bits per heavy atom. The molecule has 1 aromatic carbocycles. The summed E-state index contributed by atoms with van der Waals surface area (Å²) in [6.07, 6.45) is 1.14. The maximum atomic E-state index is 3.69. The van der Waals surface area contributed by atoms with Crippen LogP contribution in [0.15, 0.2) is 28.7 Å². The van der Waals surface area contributed by atoms with Gasteiger partial charge in [0, 0.05) is 48.2 Å². The number of halogens is 1. The Morgan fingerprint density at radius 2 is 1.95 bits per heavy atom. The van der Waals surface area contributed by atoms with Crippen LogP contribution in [-0.4, -0.2) is 42.6 Å². The van der Waals surface area contributed by atoms with E-state index in [9.17, 15) is 0 Å². The minimum absolute atomic E-state index is 0.479. The van der Waals surface area contributed by atoms with E-state index in [1.807, 2.05) is 0 Å². The highest BCUT2D eigenvalue weighted by atomic mass is 79.9. The van der Waals surface area contributed by atoms with Gasteiger partial charge in [0.15, 0.2) is 0 Å². The van der Waals surface area contributed by atoms with Crippen LogP contribution in [0.25, 0.3) is 0 Å². The molecule has 1 saturated heterocycles. The normalized spacial score (nSPS) is 18.4. The Hall–Kier alpha value is -0.0300. The second-order valence-electron chi connectivity index (χ2n) is 4.92. The minimum atomic E-state index is 0.479. The van der Waals surface area contributed by atoms with E-state index < -0.39 is 0 Å². The van der Waals surface area contributed by atoms with Gasteiger partial charge in [-0.2, -0.15) is 11.8 Å². The number of thioether (sulfide) groups is 1. The smallest absolute Gasteiger partial charge is 0.0318 e. The van der Waals surface area contributed by atoms with Crippen molar-refractivity contribution in [2.45, 2.75) is 19.4 Å². The van der Waals surface area contributed by atoms with E-state index in [2.05, 4.69) is 69.1 Å². The van der Waals surface area contributed by atoms with Crippen LogP contribution in [-0.2, 0) is 0 Å². The maximum Gasteiger partial charge on any atom is 0.0318 e. The van der Waals surface area contributed by atoms with Crippen molar-refractivity contribution in [2.75, 3.05) is 37.7 Å². The third kappa shape index (κ3) is 5.10. The van der Waals surface area contributed by atoms with E-state index in [0.29, 0.717) is 6.04 Å². The molecule has 1 unspecified atom stereocenters. The molecular weight excluding hydrogens is 320 g/mol. The van der Waals surface area contributed by atoms with Crippen LogP contribution in [0.5, 0.6) is 0 Å². The largest absolute Gasteiger partial charge is 0.309 e. The Morgan fingerprint density at radius 3 is 2.58 bits per heavy atom. The summed E-state index contributed by atoms with van der Waals surface area (Å²) in [5.41, 5.74) is 1.39. The van der Waals surface area contributed by atoms with Gasteiger partial charge in [-0.1, -0.05) is 35.0 Å². The summed E-state index contributed by atoms with van der Waals surface area (Å²) in [6.45, 7) is 7.01. The quantitative estimate of drug-likeness (QED) is 0.851. The van der Waals surface area contributed by atoms with Crippen LogP contribution in [0, 0.1) is 0 Å². The van der Waals surface area contributed by atoms with Crippen molar-refractivity contribution in [1.82, 2.24) is 10.2 Å². The highest BCUT2D eigenvalue weighted by Gasteiger charge is 2.12. The van der Waals surface area contributed by atoms with Gasteiger partial charge in [0.2, 0.25) is 0 Å². The fraction of sp³-hybridized carbons (Fsp3) is 0.600. The van der Waals surface area contributed by atoms with Gasteiger partial charge in [-0.05, 0) is 24.1 Å². The Kier molecular flexibility index (Phi) is 6.71. The predicted octanol–water partition coefficient (Wildman–Crippen LogP) is 3.54. The first-order valence-electron chi connectivity index (χ1n) is 7.08. The summed E-state index contributed by atoms with van der Waals surface area (Å²) in [5, 5.41) is 3.69. The molecule has 106 valence electrons. The molecule has 0 aliphatic carbocycles. The van der Waals surface area contributed by atoms with E-state index in [4.69, 9.17) is 0 Å². The van der Waals surface area contributed by atoms with Crippen molar-refractivity contribution in [1.29, 1.82) is 0 Å². The average Bonchev–Trinajstić information content (AvgIpc) is 2.46. The molecule has 0 saturated carbocycles. The molecule has 0 bridgehead atoms. The van der Waals surface area contributed by atoms with E-state index >= 15 is 0 Å². The Bertz CT molecular complexity index is 363. The summed E-state index contributed by atoms with van der Waals surface area (Å²) in [5.74, 6) is 2.59. The van der Waals surface area contributed by atoms with E-state index in [-0.39, 0.29) is 0 Å². The fourth-order valence-electron chi connectivity index (χ4n) is 2.41. The van der Waals surface area contributed by atoms with Crippen LogP contribution < -0.4 is 5.32 Å². The van der Waals surface area contributed by atoms with Gasteiger partial charge in [0.25, 0.3) is 0 Å². The lowest BCUT2D eigenvalue weighted by Gasteiger charge is -2.27. The number of hydrogen-bond donors (Lipinski definition) is 1. The fourth-order valence-corrected chi connectivity index (χ4v) is 3.66. The van der Waals surface area contributed by atoms with Crippen LogP contribution >= 0.6 is 27.7 Å². The van der Waals surface area contributed by atoms with Crippen LogP contribution in [0.1, 0.15) is 24.9 Å². The molecule has 1 fully saturated rings. The van der Waals surface area contributed by atoms with Gasteiger partial charge < -0.3 is 10.2 Å². The van der Waals surface area contributed by atoms with Crippen molar-refractivity contribution in [3.63, 3.8) is 0 Å². The van der Waals surface area contributed by atoms with Gasteiger partial charge in [-0.25, -0.2) is 0 Å². The summed E-state index contributed by atoms with van der Waals surface area (Å²) >= 11 is 5.57. The molecular formula is C15H23BrN2S. The summed E-state index contributed by atoms with van der Waals surface area (Å²) in [7, 11) is 0. The molecule has 2 nitrogen and oxygen atoms in total. The molecule has 1 heterocycles. The molecule has 1 N–H and O–H groups in total. The maximum absolute atomic E-state index is 3.69. The zero-order valence-corrected chi connectivity index (χ0v) is 14.0. The lowest BCUT2D eigenvalue weighted by Crippen LogP contribution is -2.38. The molecule has 0 aromatic heterocycles. The van der Waals surface area contributed by atoms with Gasteiger partial charge in [-0.15, -0.1) is 0 Å². The standard InChI is InChI=1S/C15H23BrN2S/c1-2-15(13-3-5-14(16)6-4-13)17-7-8-18-9-11-19-12-10-18/h3-6,15,17H,2,7-12H2,1H3. The van der Waals surface area contributed by atoms with Crippen molar-refractivity contribution < 1.29 is 0 Å². The minimum Gasteiger partial charge on any atom is -0.309 e. The molecule has 2 rings (SSSR count). The lowest BCUT2D eigenvalue weighted by molar-refractivity contribution is 0.294. The highest BCUT2D eigenvalue weighted by Crippen LogP contribution is 2.19. The zero-order valence-electron chi connectivity index (χ0n) is 11.6. The molecule has 1 aromatic rings. The second-order valence-corrected chi connectivity index (χ2v) is 7.06. The van der Waals surface area contributed by atoms with E-state index in [1.165, 1.54) is 36.7 Å². The number of rotatable bonds is 6. The molecule has 0 radical (unpaired) electrons. The summed E-state index contributed by atoms with van der Waals surface area (Å²) in [6, 6.07) is 9.15. The SMILES string of the molecule is CCC(NCCN1CCSCC1)c1ccc(Br)cc1. The first-order chi connectivity index (χ1) is 9.29. The van der Waals surface area contributed by atoms with Crippen molar-refractivity contribution in [3.8, 4) is 0 Å². The van der Waals surface area contributed by atoms with Gasteiger partial charge >= 0.3 is 0 Å². The number of nitrogens with one attached hydrogen (secondary N) is 1. The van der Waals surface area contributed by atoms with Crippen LogP contribution in [0.2, 0.25) is 0 Å². The van der Waals surface area contributed by atoms with E-state index in [0.717, 1.165) is 17.4 Å². The van der Waals surface area contributed by atoms with E-state index in [1.54, 1.807) is 0 Å². The van der Waals surface area contributed by atoms with Crippen LogP contribution in [0.4, 0.5) is 0 Å². The molecule has 1 atom stereocenters. The van der Waals surface area contributed by atoms with Gasteiger partial charge in [0.05, 0.1) is 0 Å². The Balaban J connectivity index is 1.77. The molecule has 0 spiro atoms. The van der Waals surface area contributed by atoms with Gasteiger partial charge in [0.1, 0.15) is 0 Å². The average molecular weight is 343 g/mol. The third-order valence-corrected chi connectivity index (χ3v) is 5.07. The molecule has 4 heteroatoms. The second kappa shape index (κ2) is 8.30. The molecule has 0 amide bonds. The number of benzene rings is 1. The number of nitrogens with zero attached hydrogens (tertiary/aromatic N) is 1. The monoisotopic (exact) mass is 342 g/mol. The predicted molar refractivity (Wildman–Crippen MR) is 88.9 cm³/mol. The number of hydrogen-bond acceptors (Lipinski definition) is 3. The van der Waals surface area contributed by atoms with Crippen molar-refractivity contribution in [2.24, 2.45) is 0 Å². The first-order valence-corrected chi connectivity index (χ1v) is 9.03. The zero-order chi connectivity index (χ0) is 13.5. The molecule has 19 heavy (non-hydrogen) atoms. The lowest BCUT2D eigenvalue weighted by atomic mass is 10.0. The van der Waals surface area contributed by atoms with Crippen LogP contribution in [0.3, 0.4) is 0 Å².